The molecule has 4 aliphatic carbocycles. The minimum atomic E-state index is -2.19. The molecule has 14 heteroatoms. The highest BCUT2D eigenvalue weighted by atomic mass is 32.2. The van der Waals surface area contributed by atoms with Gasteiger partial charge in [-0.3, -0.25) is 24.2 Å². The van der Waals surface area contributed by atoms with E-state index >= 15 is 0 Å². The molecule has 2 fully saturated rings. The van der Waals surface area contributed by atoms with Gasteiger partial charge in [0.25, 0.3) is 0 Å². The predicted molar refractivity (Wildman–Crippen MR) is 196 cm³/mol. The first-order valence-corrected chi connectivity index (χ1v) is 20.1. The number of thioether (sulfide) groups is 1. The summed E-state index contributed by atoms with van der Waals surface area (Å²) in [6.07, 6.45) is 17.2. The van der Waals surface area contributed by atoms with Crippen molar-refractivity contribution in [2.75, 3.05) is 5.75 Å². The number of nitrogens with two attached hydrogens (primary N) is 1. The van der Waals surface area contributed by atoms with E-state index in [0.29, 0.717) is 5.76 Å². The Balaban J connectivity index is 1.37. The molecule has 1 aliphatic heterocycles. The number of carboxylic acid groups (broad SMARTS) is 2. The SMILES string of the molecule is N[C@@H](CCC(=O)N[C@@H](CS[C@H]1C2=C3[C@H](C=C(Cc4ccncc4)C[C@H]3C3(CCCC3)CCCCC13CCCC3)C(=O)O2)C(=O)N[C@@H](O)C(=O)O)C(=O)O. The zero-order valence-corrected chi connectivity index (χ0v) is 30.9. The molecular formula is C39H52N4O9S. The molecule has 0 bridgehead atoms. The predicted octanol–water partition coefficient (Wildman–Crippen LogP) is 3.99. The minimum Gasteiger partial charge on any atom is -0.480 e. The Bertz CT molecular complexity index is 1620. The number of pyridine rings is 1. The summed E-state index contributed by atoms with van der Waals surface area (Å²) in [5, 5.41) is 32.8. The van der Waals surface area contributed by atoms with Crippen LogP contribution in [0.15, 0.2) is 47.5 Å². The number of rotatable bonds is 13. The van der Waals surface area contributed by atoms with Crippen LogP contribution in [0.3, 0.4) is 0 Å². The first-order chi connectivity index (χ1) is 25.4. The summed E-state index contributed by atoms with van der Waals surface area (Å²) in [4.78, 5) is 67.4. The average molecular weight is 753 g/mol. The lowest BCUT2D eigenvalue weighted by molar-refractivity contribution is -0.151. The van der Waals surface area contributed by atoms with Crippen LogP contribution in [-0.4, -0.2) is 79.3 Å². The molecule has 2 heterocycles. The number of carboxylic acids is 2. The molecule has 2 saturated carbocycles. The monoisotopic (exact) mass is 752 g/mol. The van der Waals surface area contributed by atoms with Gasteiger partial charge in [0.1, 0.15) is 23.8 Å². The minimum absolute atomic E-state index is 0.000742. The summed E-state index contributed by atoms with van der Waals surface area (Å²) in [6.45, 7) is 0. The fourth-order valence-electron chi connectivity index (χ4n) is 9.79. The highest BCUT2D eigenvalue weighted by Crippen LogP contribution is 2.62. The topological polar surface area (TPSA) is 218 Å². The summed E-state index contributed by atoms with van der Waals surface area (Å²) in [5.41, 5.74) is 8.90. The van der Waals surface area contributed by atoms with Crippen molar-refractivity contribution in [1.82, 2.24) is 15.6 Å². The number of nitrogens with zero attached hydrogens (tertiary/aromatic N) is 1. The molecular weight excluding hydrogens is 701 g/mol. The van der Waals surface area contributed by atoms with E-state index in [-0.39, 0.29) is 46.6 Å². The van der Waals surface area contributed by atoms with Gasteiger partial charge in [-0.05, 0) is 97.8 Å². The Morgan fingerprint density at radius 1 is 0.925 bits per heavy atom. The molecule has 2 spiro atoms. The first-order valence-electron chi connectivity index (χ1n) is 19.1. The summed E-state index contributed by atoms with van der Waals surface area (Å²) in [7, 11) is 0. The molecule has 1 aromatic rings. The number of amides is 2. The number of aliphatic hydroxyl groups excluding tert-OH is 1. The smallest absolute Gasteiger partial charge is 0.353 e. The van der Waals surface area contributed by atoms with Gasteiger partial charge in [-0.1, -0.05) is 50.2 Å². The van der Waals surface area contributed by atoms with E-state index in [1.807, 2.05) is 12.1 Å². The molecule has 288 valence electrons. The Hall–Kier alpha value is -3.75. The third-order valence-corrected chi connectivity index (χ3v) is 14.0. The van der Waals surface area contributed by atoms with Gasteiger partial charge in [0, 0.05) is 24.6 Å². The molecule has 13 nitrogen and oxygen atoms in total. The molecule has 6 atom stereocenters. The van der Waals surface area contributed by atoms with Gasteiger partial charge in [-0.2, -0.15) is 0 Å². The van der Waals surface area contributed by atoms with Gasteiger partial charge in [-0.15, -0.1) is 11.8 Å². The van der Waals surface area contributed by atoms with Crippen LogP contribution in [-0.2, 0) is 35.1 Å². The fraction of sp³-hybridized carbons (Fsp3) is 0.641. The second-order valence-corrected chi connectivity index (χ2v) is 16.9. The van der Waals surface area contributed by atoms with Gasteiger partial charge in [0.05, 0.1) is 5.25 Å². The summed E-state index contributed by atoms with van der Waals surface area (Å²) in [5.74, 6) is -4.40. The lowest BCUT2D eigenvalue weighted by Gasteiger charge is -2.45. The van der Waals surface area contributed by atoms with E-state index in [1.165, 1.54) is 17.3 Å². The van der Waals surface area contributed by atoms with Crippen molar-refractivity contribution in [2.45, 2.75) is 126 Å². The Morgan fingerprint density at radius 3 is 2.11 bits per heavy atom. The maximum Gasteiger partial charge on any atom is 0.353 e. The standard InChI is InChI=1S/C39H52N4O9S/c40-27(35(47)48)7-8-29(44)42-28(33(45)43-34(46)36(49)50)22-53-32-31-30-25(37(51)52-31)20-24(19-23-9-17-41-18-10-23)21-26(30)38(11-1-2-12-38)13-3-4-14-39(32)15-5-6-16-39/h9-10,17-18,20,25-28,32,34,46H,1-8,11-16,19,21-22,40H2,(H,42,44)(H,43,45)(H,47,48)(H,49,50)/t25-,26+,27-,28-,32-,34-/m0/s1. The summed E-state index contributed by atoms with van der Waals surface area (Å²) < 4.78 is 6.46. The Kier molecular flexibility index (Phi) is 12.3. The van der Waals surface area contributed by atoms with Crippen molar-refractivity contribution >= 4 is 41.5 Å². The van der Waals surface area contributed by atoms with E-state index in [9.17, 15) is 39.3 Å². The number of aliphatic hydroxyl groups is 1. The van der Waals surface area contributed by atoms with Gasteiger partial charge in [0.15, 0.2) is 0 Å². The fourth-order valence-corrected chi connectivity index (χ4v) is 11.4. The van der Waals surface area contributed by atoms with Crippen LogP contribution in [0.2, 0.25) is 0 Å². The summed E-state index contributed by atoms with van der Waals surface area (Å²) >= 11 is 1.44. The van der Waals surface area contributed by atoms with Crippen LogP contribution >= 0.6 is 11.8 Å². The van der Waals surface area contributed by atoms with Crippen LogP contribution in [0.4, 0.5) is 0 Å². The number of ether oxygens (including phenoxy) is 1. The van der Waals surface area contributed by atoms with Gasteiger partial charge in [-0.25, -0.2) is 4.79 Å². The average Bonchev–Trinajstić information content (AvgIpc) is 3.89. The van der Waals surface area contributed by atoms with Crippen molar-refractivity contribution < 1.29 is 44.0 Å². The highest BCUT2D eigenvalue weighted by Gasteiger charge is 2.55. The molecule has 53 heavy (non-hydrogen) atoms. The van der Waals surface area contributed by atoms with Crippen molar-refractivity contribution in [2.24, 2.45) is 28.4 Å². The zero-order chi connectivity index (χ0) is 37.8. The second-order valence-electron chi connectivity index (χ2n) is 15.7. The van der Waals surface area contributed by atoms with Crippen LogP contribution in [0.1, 0.15) is 102 Å². The van der Waals surface area contributed by atoms with Gasteiger partial charge >= 0.3 is 17.9 Å². The molecule has 7 N–H and O–H groups in total. The number of fused-ring (bicyclic) bond motifs is 1. The first kappa shape index (κ1) is 39.0. The quantitative estimate of drug-likeness (QED) is 0.0958. The Labute approximate surface area is 314 Å². The molecule has 0 unspecified atom stereocenters. The lowest BCUT2D eigenvalue weighted by Crippen LogP contribution is -2.53. The number of aromatic nitrogens is 1. The maximum atomic E-state index is 14.1. The van der Waals surface area contributed by atoms with E-state index in [1.54, 1.807) is 12.4 Å². The molecule has 1 aromatic heterocycles. The zero-order valence-electron chi connectivity index (χ0n) is 30.1. The maximum absolute atomic E-state index is 14.1. The van der Waals surface area contributed by atoms with Crippen LogP contribution in [0, 0.1) is 22.7 Å². The van der Waals surface area contributed by atoms with Crippen molar-refractivity contribution in [1.29, 1.82) is 0 Å². The third-order valence-electron chi connectivity index (χ3n) is 12.4. The number of allylic oxidation sites excluding steroid dienone is 1. The molecule has 6 rings (SSSR count). The van der Waals surface area contributed by atoms with E-state index in [2.05, 4.69) is 21.7 Å². The van der Waals surface area contributed by atoms with Crippen molar-refractivity contribution in [3.05, 3.63) is 53.1 Å². The molecule has 2 amide bonds. The number of esters is 1. The number of nitrogens with one attached hydrogen (secondary N) is 2. The van der Waals surface area contributed by atoms with Crippen LogP contribution in [0.25, 0.3) is 0 Å². The van der Waals surface area contributed by atoms with E-state index in [4.69, 9.17) is 10.5 Å². The van der Waals surface area contributed by atoms with Gasteiger partial charge in [0.2, 0.25) is 18.0 Å². The van der Waals surface area contributed by atoms with E-state index in [0.717, 1.165) is 101 Å². The highest BCUT2D eigenvalue weighted by molar-refractivity contribution is 8.00. The van der Waals surface area contributed by atoms with Crippen molar-refractivity contribution in [3.8, 4) is 0 Å². The van der Waals surface area contributed by atoms with Gasteiger partial charge < -0.3 is 36.4 Å². The van der Waals surface area contributed by atoms with E-state index < -0.39 is 48.0 Å². The number of carbonyl (C=O) groups excluding carboxylic acids is 3. The van der Waals surface area contributed by atoms with Crippen LogP contribution < -0.4 is 16.4 Å². The molecule has 0 saturated heterocycles. The molecule has 0 radical (unpaired) electrons. The number of hydrogen-bond donors (Lipinski definition) is 6. The number of aliphatic carboxylic acids is 2. The normalized spacial score (nSPS) is 26.3. The number of carbonyl (C=O) groups is 5. The molecule has 5 aliphatic rings. The third kappa shape index (κ3) is 8.65. The Morgan fingerprint density at radius 2 is 1.53 bits per heavy atom. The van der Waals surface area contributed by atoms with Crippen molar-refractivity contribution in [3.63, 3.8) is 0 Å². The largest absolute Gasteiger partial charge is 0.480 e. The molecule has 0 aromatic carbocycles. The second kappa shape index (κ2) is 16.7. The number of hydrogen-bond acceptors (Lipinski definition) is 10. The van der Waals surface area contributed by atoms with Crippen LogP contribution in [0.5, 0.6) is 0 Å². The lowest BCUT2D eigenvalue weighted by atomic mass is 9.59. The summed E-state index contributed by atoms with van der Waals surface area (Å²) in [6, 6.07) is 1.48.